The largest absolute Gasteiger partial charge is 0.373 e. The summed E-state index contributed by atoms with van der Waals surface area (Å²) in [7, 11) is 0. The molecule has 1 aromatic carbocycles. The molecule has 20 heavy (non-hydrogen) atoms. The molecule has 0 unspecified atom stereocenters. The SMILES string of the molecule is CC1(C)CCC(OCc2cccc([N+](=O)[O-])c2Br)CC1. The zero-order valence-corrected chi connectivity index (χ0v) is 13.5. The van der Waals surface area contributed by atoms with Crippen LogP contribution >= 0.6 is 15.9 Å². The van der Waals surface area contributed by atoms with Gasteiger partial charge in [-0.1, -0.05) is 26.0 Å². The molecule has 4 nitrogen and oxygen atoms in total. The summed E-state index contributed by atoms with van der Waals surface area (Å²) in [6.07, 6.45) is 4.76. The third kappa shape index (κ3) is 3.79. The van der Waals surface area contributed by atoms with Crippen molar-refractivity contribution in [3.8, 4) is 0 Å². The van der Waals surface area contributed by atoms with Gasteiger partial charge in [0.15, 0.2) is 0 Å². The third-order valence-electron chi connectivity index (χ3n) is 4.02. The first kappa shape index (κ1) is 15.4. The first-order valence-corrected chi connectivity index (χ1v) is 7.72. The zero-order valence-electron chi connectivity index (χ0n) is 11.9. The number of nitrogens with zero attached hydrogens (tertiary/aromatic N) is 1. The predicted octanol–water partition coefficient (Wildman–Crippen LogP) is 4.84. The quantitative estimate of drug-likeness (QED) is 0.581. The number of rotatable bonds is 4. The van der Waals surface area contributed by atoms with Gasteiger partial charge in [-0.15, -0.1) is 0 Å². The first-order valence-electron chi connectivity index (χ1n) is 6.92. The minimum atomic E-state index is -0.378. The lowest BCUT2D eigenvalue weighted by Crippen LogP contribution is -2.26. The van der Waals surface area contributed by atoms with Crippen molar-refractivity contribution in [1.82, 2.24) is 0 Å². The Morgan fingerprint density at radius 2 is 2.05 bits per heavy atom. The summed E-state index contributed by atoms with van der Waals surface area (Å²) in [6.45, 7) is 5.01. The lowest BCUT2D eigenvalue weighted by molar-refractivity contribution is -0.385. The van der Waals surface area contributed by atoms with Gasteiger partial charge in [0.2, 0.25) is 0 Å². The van der Waals surface area contributed by atoms with Crippen LogP contribution in [0.1, 0.15) is 45.1 Å². The van der Waals surface area contributed by atoms with Gasteiger partial charge in [-0.25, -0.2) is 0 Å². The van der Waals surface area contributed by atoms with Crippen molar-refractivity contribution in [2.24, 2.45) is 5.41 Å². The zero-order chi connectivity index (χ0) is 14.8. The van der Waals surface area contributed by atoms with Crippen molar-refractivity contribution in [2.75, 3.05) is 0 Å². The fourth-order valence-corrected chi connectivity index (χ4v) is 3.09. The maximum Gasteiger partial charge on any atom is 0.283 e. The summed E-state index contributed by atoms with van der Waals surface area (Å²) < 4.78 is 6.45. The highest BCUT2D eigenvalue weighted by Crippen LogP contribution is 2.37. The fraction of sp³-hybridized carbons (Fsp3) is 0.600. The van der Waals surface area contributed by atoms with E-state index in [9.17, 15) is 10.1 Å². The van der Waals surface area contributed by atoms with E-state index in [0.29, 0.717) is 16.5 Å². The van der Waals surface area contributed by atoms with Gasteiger partial charge in [-0.05, 0) is 52.6 Å². The molecule has 0 amide bonds. The van der Waals surface area contributed by atoms with Crippen molar-refractivity contribution >= 4 is 21.6 Å². The van der Waals surface area contributed by atoms with Gasteiger partial charge in [-0.2, -0.15) is 0 Å². The maximum atomic E-state index is 10.9. The second-order valence-corrected chi connectivity index (χ2v) is 6.97. The van der Waals surface area contributed by atoms with Crippen LogP contribution < -0.4 is 0 Å². The number of ether oxygens (including phenoxy) is 1. The summed E-state index contributed by atoms with van der Waals surface area (Å²) in [4.78, 5) is 10.5. The highest BCUT2D eigenvalue weighted by Gasteiger charge is 2.27. The van der Waals surface area contributed by atoms with Crippen molar-refractivity contribution in [1.29, 1.82) is 0 Å². The third-order valence-corrected chi connectivity index (χ3v) is 4.93. The van der Waals surface area contributed by atoms with Crippen molar-refractivity contribution in [3.63, 3.8) is 0 Å². The number of hydrogen-bond donors (Lipinski definition) is 0. The second kappa shape index (κ2) is 6.22. The van der Waals surface area contributed by atoms with E-state index >= 15 is 0 Å². The molecule has 1 aliphatic carbocycles. The molecule has 0 bridgehead atoms. The normalized spacial score (nSPS) is 18.9. The van der Waals surface area contributed by atoms with Crippen molar-refractivity contribution in [3.05, 3.63) is 38.3 Å². The molecule has 1 saturated carbocycles. The topological polar surface area (TPSA) is 52.4 Å². The van der Waals surface area contributed by atoms with Crippen LogP contribution in [0.5, 0.6) is 0 Å². The molecule has 0 aliphatic heterocycles. The Hall–Kier alpha value is -0.940. The molecular formula is C15H20BrNO3. The average Bonchev–Trinajstić information content (AvgIpc) is 2.38. The summed E-state index contributed by atoms with van der Waals surface area (Å²) >= 11 is 3.30. The molecule has 0 N–H and O–H groups in total. The smallest absolute Gasteiger partial charge is 0.283 e. The molecule has 2 rings (SSSR count). The van der Waals surface area contributed by atoms with E-state index in [1.165, 1.54) is 18.9 Å². The van der Waals surface area contributed by atoms with Gasteiger partial charge in [-0.3, -0.25) is 10.1 Å². The predicted molar refractivity (Wildman–Crippen MR) is 81.6 cm³/mol. The number of nitro groups is 1. The van der Waals surface area contributed by atoms with Crippen LogP contribution in [-0.2, 0) is 11.3 Å². The Kier molecular flexibility index (Phi) is 4.81. The molecule has 0 radical (unpaired) electrons. The minimum absolute atomic E-state index is 0.0934. The Morgan fingerprint density at radius 1 is 1.40 bits per heavy atom. The number of halogens is 1. The molecule has 0 atom stereocenters. The number of benzene rings is 1. The van der Waals surface area contributed by atoms with E-state index in [2.05, 4.69) is 29.8 Å². The Morgan fingerprint density at radius 3 is 2.65 bits per heavy atom. The van der Waals surface area contributed by atoms with Gasteiger partial charge in [0.25, 0.3) is 5.69 Å². The molecule has 1 aliphatic rings. The van der Waals surface area contributed by atoms with Crippen LogP contribution in [0.4, 0.5) is 5.69 Å². The van der Waals surface area contributed by atoms with E-state index in [-0.39, 0.29) is 16.7 Å². The van der Waals surface area contributed by atoms with Crippen LogP contribution in [0.2, 0.25) is 0 Å². The monoisotopic (exact) mass is 341 g/mol. The van der Waals surface area contributed by atoms with Crippen molar-refractivity contribution in [2.45, 2.75) is 52.2 Å². The summed E-state index contributed by atoms with van der Waals surface area (Å²) in [5.41, 5.74) is 1.35. The molecule has 0 saturated heterocycles. The van der Waals surface area contributed by atoms with Gasteiger partial charge in [0, 0.05) is 6.07 Å². The molecule has 110 valence electrons. The van der Waals surface area contributed by atoms with E-state index in [1.54, 1.807) is 6.07 Å². The maximum absolute atomic E-state index is 10.9. The van der Waals surface area contributed by atoms with Crippen LogP contribution in [0, 0.1) is 15.5 Å². The molecule has 1 fully saturated rings. The number of nitro benzene ring substituents is 1. The molecule has 5 heteroatoms. The Labute approximate surface area is 127 Å². The van der Waals surface area contributed by atoms with Crippen LogP contribution in [-0.4, -0.2) is 11.0 Å². The lowest BCUT2D eigenvalue weighted by atomic mass is 9.76. The summed E-state index contributed by atoms with van der Waals surface area (Å²) in [5, 5.41) is 10.9. The van der Waals surface area contributed by atoms with Crippen LogP contribution in [0.3, 0.4) is 0 Å². The first-order chi connectivity index (χ1) is 9.39. The summed E-state index contributed by atoms with van der Waals surface area (Å²) in [6, 6.07) is 5.06. The average molecular weight is 342 g/mol. The molecular weight excluding hydrogens is 322 g/mol. The molecule has 0 heterocycles. The molecule has 0 spiro atoms. The van der Waals surface area contributed by atoms with Gasteiger partial charge < -0.3 is 4.74 Å². The van der Waals surface area contributed by atoms with Crippen LogP contribution in [0.25, 0.3) is 0 Å². The second-order valence-electron chi connectivity index (χ2n) is 6.18. The number of hydrogen-bond acceptors (Lipinski definition) is 3. The van der Waals surface area contributed by atoms with E-state index in [0.717, 1.165) is 18.4 Å². The summed E-state index contributed by atoms with van der Waals surface area (Å²) in [5.74, 6) is 0. The van der Waals surface area contributed by atoms with Crippen LogP contribution in [0.15, 0.2) is 22.7 Å². The van der Waals surface area contributed by atoms with Gasteiger partial charge in [0.1, 0.15) is 4.47 Å². The molecule has 0 aromatic heterocycles. The fourth-order valence-electron chi connectivity index (χ4n) is 2.57. The Balaban J connectivity index is 1.95. The lowest BCUT2D eigenvalue weighted by Gasteiger charge is -2.34. The highest BCUT2D eigenvalue weighted by atomic mass is 79.9. The Bertz CT molecular complexity index is 492. The standard InChI is InChI=1S/C15H20BrNO3/c1-15(2)8-6-12(7-9-15)20-10-11-4-3-5-13(14(11)16)17(18)19/h3-5,12H,6-10H2,1-2H3. The minimum Gasteiger partial charge on any atom is -0.373 e. The highest BCUT2D eigenvalue weighted by molar-refractivity contribution is 9.10. The van der Waals surface area contributed by atoms with Gasteiger partial charge in [0.05, 0.1) is 17.6 Å². The van der Waals surface area contributed by atoms with E-state index in [1.807, 2.05) is 6.07 Å². The van der Waals surface area contributed by atoms with E-state index in [4.69, 9.17) is 4.74 Å². The van der Waals surface area contributed by atoms with Crippen molar-refractivity contribution < 1.29 is 9.66 Å². The molecule has 1 aromatic rings. The van der Waals surface area contributed by atoms with Gasteiger partial charge >= 0.3 is 0 Å². The van der Waals surface area contributed by atoms with E-state index < -0.39 is 0 Å².